The van der Waals surface area contributed by atoms with Crippen LogP contribution < -0.4 is 15.4 Å². The number of rotatable bonds is 6. The summed E-state index contributed by atoms with van der Waals surface area (Å²) >= 11 is 0. The van der Waals surface area contributed by atoms with Gasteiger partial charge in [-0.15, -0.1) is 0 Å². The number of methoxy groups -OCH3 is 1. The number of carbonyl (C=O) groups is 2. The first-order valence-electron chi connectivity index (χ1n) is 9.28. The molecule has 0 fully saturated rings. The third kappa shape index (κ3) is 4.99. The van der Waals surface area contributed by atoms with Crippen LogP contribution in [0, 0.1) is 0 Å². The molecule has 0 aliphatic rings. The fraction of sp³-hybridized carbons (Fsp3) is 0.174. The fourth-order valence-electron chi connectivity index (χ4n) is 2.90. The minimum atomic E-state index is -0.358. The summed E-state index contributed by atoms with van der Waals surface area (Å²) in [5.41, 5.74) is 2.98. The number of amides is 2. The van der Waals surface area contributed by atoms with Gasteiger partial charge >= 0.3 is 0 Å². The molecule has 0 bridgehead atoms. The number of aromatic nitrogens is 1. The highest BCUT2D eigenvalue weighted by molar-refractivity contribution is 6.08. The van der Waals surface area contributed by atoms with Gasteiger partial charge < -0.3 is 15.4 Å². The van der Waals surface area contributed by atoms with Gasteiger partial charge in [0.15, 0.2) is 0 Å². The van der Waals surface area contributed by atoms with Crippen LogP contribution in [0.2, 0.25) is 0 Å². The average molecular weight is 389 g/mol. The largest absolute Gasteiger partial charge is 0.497 e. The van der Waals surface area contributed by atoms with Crippen molar-refractivity contribution in [3.63, 3.8) is 0 Å². The van der Waals surface area contributed by atoms with Crippen molar-refractivity contribution in [2.75, 3.05) is 17.7 Å². The van der Waals surface area contributed by atoms with Gasteiger partial charge in [-0.3, -0.25) is 14.6 Å². The van der Waals surface area contributed by atoms with Crippen molar-refractivity contribution in [3.8, 4) is 5.75 Å². The summed E-state index contributed by atoms with van der Waals surface area (Å²) in [4.78, 5) is 29.3. The molecule has 2 aromatic carbocycles. The van der Waals surface area contributed by atoms with Crippen molar-refractivity contribution in [3.05, 3.63) is 83.7 Å². The Balaban J connectivity index is 1.76. The SMILES string of the molecule is COc1cccc(NC(=O)c2cncc(C(=O)Nc3ccccc3C(C)C)c2)c1. The predicted molar refractivity (Wildman–Crippen MR) is 114 cm³/mol. The standard InChI is InChI=1S/C23H23N3O3/c1-15(2)20-9-4-5-10-21(20)26-23(28)17-11-16(13-24-14-17)22(27)25-18-7-6-8-19(12-18)29-3/h4-15H,1-3H3,(H,25,27)(H,26,28). The molecule has 148 valence electrons. The van der Waals surface area contributed by atoms with Gasteiger partial charge in [-0.1, -0.05) is 38.1 Å². The van der Waals surface area contributed by atoms with E-state index < -0.39 is 0 Å². The Morgan fingerprint density at radius 3 is 2.28 bits per heavy atom. The maximum absolute atomic E-state index is 12.7. The van der Waals surface area contributed by atoms with Gasteiger partial charge in [0.05, 0.1) is 18.2 Å². The summed E-state index contributed by atoms with van der Waals surface area (Å²) in [7, 11) is 1.56. The first kappa shape index (κ1) is 20.1. The normalized spacial score (nSPS) is 10.5. The smallest absolute Gasteiger partial charge is 0.257 e. The van der Waals surface area contributed by atoms with Gasteiger partial charge in [0, 0.05) is 29.8 Å². The van der Waals surface area contributed by atoms with E-state index in [4.69, 9.17) is 4.74 Å². The number of hydrogen-bond acceptors (Lipinski definition) is 4. The van der Waals surface area contributed by atoms with E-state index in [1.807, 2.05) is 24.3 Å². The second-order valence-electron chi connectivity index (χ2n) is 6.84. The Morgan fingerprint density at radius 1 is 0.897 bits per heavy atom. The quantitative estimate of drug-likeness (QED) is 0.639. The third-order valence-electron chi connectivity index (χ3n) is 4.42. The molecule has 0 aliphatic carbocycles. The molecule has 0 saturated heterocycles. The van der Waals surface area contributed by atoms with E-state index in [0.29, 0.717) is 17.0 Å². The first-order valence-corrected chi connectivity index (χ1v) is 9.28. The lowest BCUT2D eigenvalue weighted by Crippen LogP contribution is -2.17. The van der Waals surface area contributed by atoms with E-state index in [0.717, 1.165) is 11.3 Å². The van der Waals surface area contributed by atoms with Gasteiger partial charge in [0.25, 0.3) is 11.8 Å². The maximum Gasteiger partial charge on any atom is 0.257 e. The van der Waals surface area contributed by atoms with Crippen molar-refractivity contribution < 1.29 is 14.3 Å². The molecule has 6 nitrogen and oxygen atoms in total. The Morgan fingerprint density at radius 2 is 1.59 bits per heavy atom. The summed E-state index contributed by atoms with van der Waals surface area (Å²) < 4.78 is 5.16. The molecule has 2 N–H and O–H groups in total. The zero-order chi connectivity index (χ0) is 20.8. The van der Waals surface area contributed by atoms with E-state index >= 15 is 0 Å². The predicted octanol–water partition coefficient (Wildman–Crippen LogP) is 4.72. The number of anilines is 2. The highest BCUT2D eigenvalue weighted by atomic mass is 16.5. The molecule has 0 radical (unpaired) electrons. The van der Waals surface area contributed by atoms with Gasteiger partial charge in [-0.25, -0.2) is 0 Å². The Bertz CT molecular complexity index is 1030. The van der Waals surface area contributed by atoms with Crippen LogP contribution in [-0.2, 0) is 0 Å². The van der Waals surface area contributed by atoms with Crippen LogP contribution in [0.25, 0.3) is 0 Å². The highest BCUT2D eigenvalue weighted by Crippen LogP contribution is 2.24. The van der Waals surface area contributed by atoms with Crippen molar-refractivity contribution >= 4 is 23.2 Å². The Kier molecular flexibility index (Phi) is 6.24. The van der Waals surface area contributed by atoms with Crippen LogP contribution >= 0.6 is 0 Å². The van der Waals surface area contributed by atoms with Crippen LogP contribution in [0.15, 0.2) is 67.0 Å². The molecule has 0 aliphatic heterocycles. The highest BCUT2D eigenvalue weighted by Gasteiger charge is 2.14. The average Bonchev–Trinajstić information content (AvgIpc) is 2.74. The number of nitrogens with one attached hydrogen (secondary N) is 2. The molecule has 6 heteroatoms. The summed E-state index contributed by atoms with van der Waals surface area (Å²) in [6, 6.07) is 16.2. The molecular weight excluding hydrogens is 366 g/mol. The molecule has 0 saturated carbocycles. The van der Waals surface area contributed by atoms with Crippen LogP contribution in [0.1, 0.15) is 46.0 Å². The van der Waals surface area contributed by atoms with Gasteiger partial charge in [-0.05, 0) is 35.7 Å². The summed E-state index contributed by atoms with van der Waals surface area (Å²) in [5.74, 6) is 0.229. The van der Waals surface area contributed by atoms with Crippen LogP contribution in [0.3, 0.4) is 0 Å². The zero-order valence-electron chi connectivity index (χ0n) is 16.6. The monoisotopic (exact) mass is 389 g/mol. The summed E-state index contributed by atoms with van der Waals surface area (Å²) in [6.07, 6.45) is 2.87. The topological polar surface area (TPSA) is 80.3 Å². The number of pyridine rings is 1. The van der Waals surface area contributed by atoms with Crippen LogP contribution in [-0.4, -0.2) is 23.9 Å². The Hall–Kier alpha value is -3.67. The molecule has 0 spiro atoms. The fourth-order valence-corrected chi connectivity index (χ4v) is 2.90. The third-order valence-corrected chi connectivity index (χ3v) is 4.42. The lowest BCUT2D eigenvalue weighted by molar-refractivity contribution is 0.102. The first-order chi connectivity index (χ1) is 14.0. The molecule has 1 heterocycles. The van der Waals surface area contributed by atoms with Crippen molar-refractivity contribution in [1.29, 1.82) is 0 Å². The molecule has 0 atom stereocenters. The van der Waals surface area contributed by atoms with Crippen molar-refractivity contribution in [2.45, 2.75) is 19.8 Å². The van der Waals surface area contributed by atoms with Gasteiger partial charge in [-0.2, -0.15) is 0 Å². The van der Waals surface area contributed by atoms with Crippen molar-refractivity contribution in [1.82, 2.24) is 4.98 Å². The van der Waals surface area contributed by atoms with Gasteiger partial charge in [0.1, 0.15) is 5.75 Å². The number of benzene rings is 2. The Labute approximate surface area is 169 Å². The lowest BCUT2D eigenvalue weighted by atomic mass is 10.0. The van der Waals surface area contributed by atoms with E-state index in [2.05, 4.69) is 29.5 Å². The number of carbonyl (C=O) groups excluding carboxylic acids is 2. The summed E-state index contributed by atoms with van der Waals surface area (Å²) in [6.45, 7) is 4.13. The number of nitrogens with zero attached hydrogens (tertiary/aromatic N) is 1. The maximum atomic E-state index is 12.7. The number of ether oxygens (including phenoxy) is 1. The van der Waals surface area contributed by atoms with E-state index in [1.54, 1.807) is 31.4 Å². The minimum Gasteiger partial charge on any atom is -0.497 e. The molecule has 29 heavy (non-hydrogen) atoms. The minimum absolute atomic E-state index is 0.268. The molecule has 1 aromatic heterocycles. The number of hydrogen-bond donors (Lipinski definition) is 2. The van der Waals surface area contributed by atoms with Crippen LogP contribution in [0.5, 0.6) is 5.75 Å². The second kappa shape index (κ2) is 9.01. The molecular formula is C23H23N3O3. The molecule has 2 amide bonds. The second-order valence-corrected chi connectivity index (χ2v) is 6.84. The molecule has 0 unspecified atom stereocenters. The van der Waals surface area contributed by atoms with Crippen LogP contribution in [0.4, 0.5) is 11.4 Å². The van der Waals surface area contributed by atoms with E-state index in [-0.39, 0.29) is 23.3 Å². The number of para-hydroxylation sites is 1. The zero-order valence-corrected chi connectivity index (χ0v) is 16.6. The lowest BCUT2D eigenvalue weighted by Gasteiger charge is -2.14. The molecule has 3 rings (SSSR count). The van der Waals surface area contributed by atoms with Gasteiger partial charge in [0.2, 0.25) is 0 Å². The van der Waals surface area contributed by atoms with Crippen molar-refractivity contribution in [2.24, 2.45) is 0 Å². The molecule has 3 aromatic rings. The van der Waals surface area contributed by atoms with E-state index in [9.17, 15) is 9.59 Å². The summed E-state index contributed by atoms with van der Waals surface area (Å²) in [5, 5.41) is 5.69. The van der Waals surface area contributed by atoms with E-state index in [1.165, 1.54) is 18.5 Å².